The molecule has 0 atom stereocenters. The van der Waals surface area contributed by atoms with Crippen molar-refractivity contribution in [2.45, 2.75) is 25.3 Å². The molecule has 33 heavy (non-hydrogen) atoms. The maximum atomic E-state index is 13.0. The van der Waals surface area contributed by atoms with Crippen molar-refractivity contribution in [3.63, 3.8) is 0 Å². The van der Waals surface area contributed by atoms with E-state index in [1.54, 1.807) is 25.1 Å². The number of amides is 1. The molecule has 0 bridgehead atoms. The van der Waals surface area contributed by atoms with Gasteiger partial charge in [-0.3, -0.25) is 9.59 Å². The van der Waals surface area contributed by atoms with E-state index in [0.29, 0.717) is 21.8 Å². The molecule has 2 aromatic rings. The van der Waals surface area contributed by atoms with Crippen molar-refractivity contribution in [1.82, 2.24) is 4.90 Å². The summed E-state index contributed by atoms with van der Waals surface area (Å²) in [5.41, 5.74) is 7.63. The lowest BCUT2D eigenvalue weighted by molar-refractivity contribution is -0.145. The summed E-state index contributed by atoms with van der Waals surface area (Å²) in [6.07, 6.45) is 0. The van der Waals surface area contributed by atoms with Crippen LogP contribution in [0.3, 0.4) is 0 Å². The molecule has 0 radical (unpaired) electrons. The zero-order chi connectivity index (χ0) is 24.1. The maximum absolute atomic E-state index is 13.0. The number of aromatic hydroxyl groups is 1. The van der Waals surface area contributed by atoms with Crippen LogP contribution < -0.4 is 10.5 Å². The molecule has 0 unspecified atom stereocenters. The molecular formula is C23H24N2O6S2. The fraction of sp³-hybridized carbons (Fsp3) is 0.304. The minimum Gasteiger partial charge on any atom is -0.506 e. The zero-order valence-corrected chi connectivity index (χ0v) is 19.9. The molecule has 0 aromatic heterocycles. The summed E-state index contributed by atoms with van der Waals surface area (Å²) in [5, 5.41) is 10.8. The van der Waals surface area contributed by atoms with Gasteiger partial charge in [-0.1, -0.05) is 25.2 Å². The lowest BCUT2D eigenvalue weighted by Crippen LogP contribution is -2.30. The van der Waals surface area contributed by atoms with Crippen LogP contribution in [0.1, 0.15) is 45.7 Å². The van der Waals surface area contributed by atoms with E-state index in [4.69, 9.17) is 27.4 Å². The van der Waals surface area contributed by atoms with Gasteiger partial charge in [0.25, 0.3) is 5.91 Å². The van der Waals surface area contributed by atoms with Crippen molar-refractivity contribution in [3.8, 4) is 11.5 Å². The summed E-state index contributed by atoms with van der Waals surface area (Å²) in [5.74, 6) is -0.586. The number of ether oxygens (including phenoxy) is 2. The average Bonchev–Trinajstić information content (AvgIpc) is 3.08. The quantitative estimate of drug-likeness (QED) is 0.225. The molecule has 0 saturated carbocycles. The molecule has 1 aliphatic heterocycles. The van der Waals surface area contributed by atoms with E-state index in [1.807, 2.05) is 6.92 Å². The van der Waals surface area contributed by atoms with Crippen molar-refractivity contribution >= 4 is 46.6 Å². The van der Waals surface area contributed by atoms with Gasteiger partial charge in [-0.05, 0) is 42.5 Å². The summed E-state index contributed by atoms with van der Waals surface area (Å²) < 4.78 is 10.3. The first-order valence-electron chi connectivity index (χ1n) is 10.3. The highest BCUT2D eigenvalue weighted by molar-refractivity contribution is 7.99. The van der Waals surface area contributed by atoms with Gasteiger partial charge in [-0.15, -0.1) is 11.8 Å². The third-order valence-corrected chi connectivity index (χ3v) is 6.15. The Morgan fingerprint density at radius 3 is 2.67 bits per heavy atom. The van der Waals surface area contributed by atoms with Crippen molar-refractivity contribution in [3.05, 3.63) is 52.6 Å². The highest BCUT2D eigenvalue weighted by Gasteiger charge is 2.30. The maximum Gasteiger partial charge on any atom is 0.344 e. The number of carbonyl (C=O) groups is 3. The second-order valence-electron chi connectivity index (χ2n) is 7.14. The number of phenols is 1. The SMILES string of the molecule is CCOC(=O)COc1ccc(C(=O)CN2Cc3cc(C(N)=S)ccc3C2=O)c(O)c1SCC. The van der Waals surface area contributed by atoms with Crippen LogP contribution in [0.15, 0.2) is 35.2 Å². The molecule has 1 heterocycles. The van der Waals surface area contributed by atoms with Gasteiger partial charge < -0.3 is 25.2 Å². The molecule has 1 aliphatic rings. The lowest BCUT2D eigenvalue weighted by Gasteiger charge is -2.17. The van der Waals surface area contributed by atoms with Gasteiger partial charge in [0.1, 0.15) is 16.5 Å². The number of benzene rings is 2. The molecule has 1 amide bonds. The summed E-state index contributed by atoms with van der Waals surface area (Å²) >= 11 is 6.27. The highest BCUT2D eigenvalue weighted by Crippen LogP contribution is 2.40. The third-order valence-electron chi connectivity index (χ3n) is 4.94. The predicted octanol–water partition coefficient (Wildman–Crippen LogP) is 2.92. The number of rotatable bonds is 10. The summed E-state index contributed by atoms with van der Waals surface area (Å²) in [4.78, 5) is 39.3. The van der Waals surface area contributed by atoms with E-state index in [-0.39, 0.29) is 54.3 Å². The minimum absolute atomic E-state index is 0.0713. The van der Waals surface area contributed by atoms with E-state index in [9.17, 15) is 19.5 Å². The van der Waals surface area contributed by atoms with E-state index >= 15 is 0 Å². The molecule has 0 spiro atoms. The number of hydrogen-bond acceptors (Lipinski definition) is 8. The van der Waals surface area contributed by atoms with Crippen molar-refractivity contribution in [1.29, 1.82) is 0 Å². The molecule has 0 aliphatic carbocycles. The Hall–Kier alpha value is -3.11. The normalized spacial score (nSPS) is 12.4. The fourth-order valence-electron chi connectivity index (χ4n) is 3.43. The van der Waals surface area contributed by atoms with Crippen LogP contribution in [-0.2, 0) is 16.1 Å². The van der Waals surface area contributed by atoms with Crippen LogP contribution in [0.5, 0.6) is 11.5 Å². The standard InChI is InChI=1S/C23H24N2O6S2/c1-3-30-19(27)12-31-18-8-7-16(20(28)21(18)33-4-2)17(26)11-25-10-14-9-13(22(24)32)5-6-15(14)23(25)29/h5-9,28H,3-4,10-12H2,1-2H3,(H2,24,32). The number of thiocarbonyl (C=S) groups is 1. The molecule has 0 fully saturated rings. The van der Waals surface area contributed by atoms with Gasteiger partial charge in [0.15, 0.2) is 12.4 Å². The van der Waals surface area contributed by atoms with E-state index in [1.165, 1.54) is 28.8 Å². The largest absolute Gasteiger partial charge is 0.506 e. The smallest absolute Gasteiger partial charge is 0.344 e. The van der Waals surface area contributed by atoms with Crippen LogP contribution in [0.2, 0.25) is 0 Å². The van der Waals surface area contributed by atoms with Crippen molar-refractivity contribution in [2.75, 3.05) is 25.5 Å². The molecule has 174 valence electrons. The van der Waals surface area contributed by atoms with Gasteiger partial charge in [-0.2, -0.15) is 0 Å². The summed E-state index contributed by atoms with van der Waals surface area (Å²) in [6.45, 7) is 3.54. The molecule has 8 nitrogen and oxygen atoms in total. The summed E-state index contributed by atoms with van der Waals surface area (Å²) in [6, 6.07) is 8.04. The van der Waals surface area contributed by atoms with E-state index in [0.717, 1.165) is 5.56 Å². The van der Waals surface area contributed by atoms with Gasteiger partial charge in [-0.25, -0.2) is 4.79 Å². The van der Waals surface area contributed by atoms with Gasteiger partial charge >= 0.3 is 5.97 Å². The van der Waals surface area contributed by atoms with Crippen LogP contribution in [0.25, 0.3) is 0 Å². The first kappa shape index (κ1) is 24.5. The Bertz CT molecular complexity index is 1120. The van der Waals surface area contributed by atoms with Crippen LogP contribution >= 0.6 is 24.0 Å². The Balaban J connectivity index is 1.78. The van der Waals surface area contributed by atoms with Gasteiger partial charge in [0, 0.05) is 17.7 Å². The molecule has 0 saturated heterocycles. The Morgan fingerprint density at radius 1 is 1.24 bits per heavy atom. The van der Waals surface area contributed by atoms with Gasteiger partial charge in [0.05, 0.1) is 23.6 Å². The molecule has 10 heteroatoms. The van der Waals surface area contributed by atoms with Crippen LogP contribution in [-0.4, -0.2) is 58.2 Å². The van der Waals surface area contributed by atoms with Gasteiger partial charge in [0.2, 0.25) is 0 Å². The number of nitrogens with two attached hydrogens (primary N) is 1. The number of Topliss-reactive ketones (excluding diaryl/α,β-unsaturated/α-hetero) is 1. The number of thioether (sulfide) groups is 1. The molecule has 3 rings (SSSR count). The summed E-state index contributed by atoms with van der Waals surface area (Å²) in [7, 11) is 0. The minimum atomic E-state index is -0.532. The number of fused-ring (bicyclic) bond motifs is 1. The Morgan fingerprint density at radius 2 is 2.00 bits per heavy atom. The Kier molecular flexibility index (Phi) is 7.93. The molecular weight excluding hydrogens is 464 g/mol. The molecule has 3 N–H and O–H groups in total. The second-order valence-corrected chi connectivity index (χ2v) is 8.85. The van der Waals surface area contributed by atoms with E-state index in [2.05, 4.69) is 0 Å². The highest BCUT2D eigenvalue weighted by atomic mass is 32.2. The monoisotopic (exact) mass is 488 g/mol. The van der Waals surface area contributed by atoms with Crippen LogP contribution in [0.4, 0.5) is 0 Å². The number of nitrogens with zero attached hydrogens (tertiary/aromatic N) is 1. The van der Waals surface area contributed by atoms with Crippen LogP contribution in [0, 0.1) is 0 Å². The third kappa shape index (κ3) is 5.45. The topological polar surface area (TPSA) is 119 Å². The second kappa shape index (κ2) is 10.7. The fourth-order valence-corrected chi connectivity index (χ4v) is 4.37. The lowest BCUT2D eigenvalue weighted by atomic mass is 10.1. The number of carbonyl (C=O) groups excluding carboxylic acids is 3. The zero-order valence-electron chi connectivity index (χ0n) is 18.3. The first-order valence-corrected chi connectivity index (χ1v) is 11.7. The van der Waals surface area contributed by atoms with Crippen molar-refractivity contribution < 1.29 is 29.0 Å². The first-order chi connectivity index (χ1) is 15.8. The number of esters is 1. The predicted molar refractivity (Wildman–Crippen MR) is 128 cm³/mol. The van der Waals surface area contributed by atoms with Crippen molar-refractivity contribution in [2.24, 2.45) is 5.73 Å². The number of hydrogen-bond donors (Lipinski definition) is 2. The number of phenolic OH excluding ortho intramolecular Hbond substituents is 1. The number of ketones is 1. The molecule has 2 aromatic carbocycles. The van der Waals surface area contributed by atoms with E-state index < -0.39 is 11.8 Å². The Labute approximate surface area is 201 Å². The average molecular weight is 489 g/mol.